The van der Waals surface area contributed by atoms with E-state index in [1.54, 1.807) is 0 Å². The smallest absolute Gasteiger partial charge is 0.346 e. The van der Waals surface area contributed by atoms with E-state index in [-0.39, 0.29) is 0 Å². The molecule has 3 aromatic heterocycles. The first-order valence-corrected chi connectivity index (χ1v) is 10.3. The van der Waals surface area contributed by atoms with Crippen molar-refractivity contribution in [2.45, 2.75) is 20.8 Å². The Labute approximate surface area is 177 Å². The number of nitrogens with zero attached hydrogens (tertiary/aromatic N) is 1. The highest BCUT2D eigenvalue weighted by molar-refractivity contribution is 6.23. The average Bonchev–Trinajstić information content (AvgIpc) is 3.15. The zero-order valence-electron chi connectivity index (χ0n) is 17.4. The summed E-state index contributed by atoms with van der Waals surface area (Å²) < 4.78 is 12.1. The van der Waals surface area contributed by atoms with Gasteiger partial charge in [0.2, 0.25) is 0 Å². The number of furan rings is 1. The van der Waals surface area contributed by atoms with E-state index in [9.17, 15) is 4.79 Å². The third kappa shape index (κ3) is 2.48. The van der Waals surface area contributed by atoms with Crippen molar-refractivity contribution in [3.05, 3.63) is 87.8 Å². The summed E-state index contributed by atoms with van der Waals surface area (Å²) in [6, 6.07) is 19.9. The second kappa shape index (κ2) is 6.29. The fourth-order valence-electron chi connectivity index (χ4n) is 4.35. The lowest BCUT2D eigenvalue weighted by Crippen LogP contribution is -2.05. The van der Waals surface area contributed by atoms with Gasteiger partial charge in [0.1, 0.15) is 16.7 Å². The summed E-state index contributed by atoms with van der Waals surface area (Å²) in [5.41, 5.74) is 6.97. The number of benzene rings is 3. The minimum absolute atomic E-state index is 0.401. The second-order valence-corrected chi connectivity index (χ2v) is 8.13. The van der Waals surface area contributed by atoms with Gasteiger partial charge in [0.05, 0.1) is 11.1 Å². The lowest BCUT2D eigenvalue weighted by molar-refractivity contribution is 0.566. The van der Waals surface area contributed by atoms with E-state index in [4.69, 9.17) is 13.8 Å². The third-order valence-corrected chi connectivity index (χ3v) is 6.18. The van der Waals surface area contributed by atoms with Crippen molar-refractivity contribution in [3.63, 3.8) is 0 Å². The Morgan fingerprint density at radius 1 is 0.742 bits per heavy atom. The standard InChI is InChI=1S/C27H19NO3/c1-14-8-11-17(12-9-14)23-22-21(19-13-10-15(2)16(3)25(19)31-27(22)29)26-24(28-23)18-6-4-5-7-20(18)30-26/h4-13H,1-3H3. The van der Waals surface area contributed by atoms with Gasteiger partial charge in [0.25, 0.3) is 0 Å². The Bertz CT molecular complexity index is 1720. The molecule has 0 radical (unpaired) electrons. The molecule has 0 atom stereocenters. The number of rotatable bonds is 1. The quantitative estimate of drug-likeness (QED) is 0.222. The van der Waals surface area contributed by atoms with Crippen LogP contribution >= 0.6 is 0 Å². The molecule has 4 heteroatoms. The van der Waals surface area contributed by atoms with Gasteiger partial charge < -0.3 is 8.83 Å². The first kappa shape index (κ1) is 17.9. The van der Waals surface area contributed by atoms with Crippen LogP contribution in [0.15, 0.2) is 74.3 Å². The Kier molecular flexibility index (Phi) is 3.63. The molecule has 0 saturated carbocycles. The molecule has 31 heavy (non-hydrogen) atoms. The van der Waals surface area contributed by atoms with Gasteiger partial charge in [-0.3, -0.25) is 0 Å². The fraction of sp³-hybridized carbons (Fsp3) is 0.111. The molecule has 150 valence electrons. The van der Waals surface area contributed by atoms with E-state index in [1.165, 1.54) is 0 Å². The summed E-state index contributed by atoms with van der Waals surface area (Å²) >= 11 is 0. The molecule has 0 aliphatic rings. The van der Waals surface area contributed by atoms with Crippen LogP contribution in [-0.2, 0) is 0 Å². The molecule has 0 spiro atoms. The molecule has 3 heterocycles. The van der Waals surface area contributed by atoms with Gasteiger partial charge in [-0.05, 0) is 44.0 Å². The number of aromatic nitrogens is 1. The van der Waals surface area contributed by atoms with Crippen LogP contribution in [0.4, 0.5) is 0 Å². The van der Waals surface area contributed by atoms with Crippen LogP contribution in [0.2, 0.25) is 0 Å². The number of hydrogen-bond donors (Lipinski definition) is 0. The van der Waals surface area contributed by atoms with Crippen LogP contribution in [0, 0.1) is 20.8 Å². The van der Waals surface area contributed by atoms with E-state index in [2.05, 4.69) is 6.07 Å². The van der Waals surface area contributed by atoms with Crippen molar-refractivity contribution in [3.8, 4) is 11.3 Å². The molecule has 0 saturated heterocycles. The van der Waals surface area contributed by atoms with Crippen molar-refractivity contribution < 1.29 is 8.83 Å². The highest BCUT2D eigenvalue weighted by atomic mass is 16.4. The summed E-state index contributed by atoms with van der Waals surface area (Å²) in [7, 11) is 0. The molecule has 0 amide bonds. The van der Waals surface area contributed by atoms with Crippen molar-refractivity contribution in [2.75, 3.05) is 0 Å². The lowest BCUT2D eigenvalue weighted by Gasteiger charge is -2.11. The molecular weight excluding hydrogens is 386 g/mol. The van der Waals surface area contributed by atoms with Crippen LogP contribution in [0.25, 0.3) is 55.1 Å². The van der Waals surface area contributed by atoms with Crippen molar-refractivity contribution in [2.24, 2.45) is 0 Å². The number of para-hydroxylation sites is 1. The molecule has 0 N–H and O–H groups in total. The van der Waals surface area contributed by atoms with Crippen molar-refractivity contribution in [1.29, 1.82) is 0 Å². The zero-order valence-corrected chi connectivity index (χ0v) is 17.4. The summed E-state index contributed by atoms with van der Waals surface area (Å²) in [5, 5.41) is 2.99. The Morgan fingerprint density at radius 3 is 2.32 bits per heavy atom. The SMILES string of the molecule is Cc1ccc(-c2nc3c4ccccc4oc3c3c2c(=O)oc2c(C)c(C)ccc23)cc1. The first-order chi connectivity index (χ1) is 15.0. The van der Waals surface area contributed by atoms with Crippen LogP contribution in [0.3, 0.4) is 0 Å². The fourth-order valence-corrected chi connectivity index (χ4v) is 4.35. The molecule has 0 fully saturated rings. The highest BCUT2D eigenvalue weighted by Crippen LogP contribution is 2.39. The Morgan fingerprint density at radius 2 is 1.52 bits per heavy atom. The van der Waals surface area contributed by atoms with Crippen LogP contribution in [0.1, 0.15) is 16.7 Å². The van der Waals surface area contributed by atoms with Gasteiger partial charge in [0.15, 0.2) is 5.58 Å². The van der Waals surface area contributed by atoms with Gasteiger partial charge in [-0.25, -0.2) is 9.78 Å². The maximum atomic E-state index is 13.3. The molecule has 6 aromatic rings. The molecule has 0 bridgehead atoms. The summed E-state index contributed by atoms with van der Waals surface area (Å²) in [5.74, 6) is 0. The summed E-state index contributed by atoms with van der Waals surface area (Å²) in [6.07, 6.45) is 0. The molecule has 4 nitrogen and oxygen atoms in total. The first-order valence-electron chi connectivity index (χ1n) is 10.3. The Balaban J connectivity index is 1.94. The Hall–Kier alpha value is -3.92. The van der Waals surface area contributed by atoms with Gasteiger partial charge >= 0.3 is 5.63 Å². The summed E-state index contributed by atoms with van der Waals surface area (Å²) in [6.45, 7) is 6.03. The number of pyridine rings is 1. The van der Waals surface area contributed by atoms with Crippen LogP contribution in [0.5, 0.6) is 0 Å². The van der Waals surface area contributed by atoms with Gasteiger partial charge in [0, 0.05) is 21.7 Å². The van der Waals surface area contributed by atoms with Gasteiger partial charge in [-0.1, -0.05) is 54.1 Å². The van der Waals surface area contributed by atoms with Crippen molar-refractivity contribution in [1.82, 2.24) is 4.98 Å². The van der Waals surface area contributed by atoms with Crippen LogP contribution in [-0.4, -0.2) is 4.98 Å². The second-order valence-electron chi connectivity index (χ2n) is 8.13. The molecule has 6 rings (SSSR count). The normalized spacial score (nSPS) is 11.8. The lowest BCUT2D eigenvalue weighted by atomic mass is 9.98. The summed E-state index contributed by atoms with van der Waals surface area (Å²) in [4.78, 5) is 18.3. The monoisotopic (exact) mass is 405 g/mol. The maximum absolute atomic E-state index is 13.3. The van der Waals surface area contributed by atoms with E-state index in [0.717, 1.165) is 49.5 Å². The molecule has 0 aliphatic heterocycles. The van der Waals surface area contributed by atoms with Gasteiger partial charge in [-0.2, -0.15) is 0 Å². The van der Waals surface area contributed by atoms with Gasteiger partial charge in [-0.15, -0.1) is 0 Å². The van der Waals surface area contributed by atoms with E-state index in [1.807, 2.05) is 75.4 Å². The average molecular weight is 405 g/mol. The highest BCUT2D eigenvalue weighted by Gasteiger charge is 2.22. The number of aryl methyl sites for hydroxylation is 3. The van der Waals surface area contributed by atoms with E-state index < -0.39 is 5.63 Å². The topological polar surface area (TPSA) is 56.2 Å². The van der Waals surface area contributed by atoms with Crippen LogP contribution < -0.4 is 5.63 Å². The molecule has 0 aliphatic carbocycles. The number of fused-ring (bicyclic) bond motifs is 7. The zero-order chi connectivity index (χ0) is 21.3. The van der Waals surface area contributed by atoms with E-state index >= 15 is 0 Å². The van der Waals surface area contributed by atoms with E-state index in [0.29, 0.717) is 22.2 Å². The minimum atomic E-state index is -0.401. The maximum Gasteiger partial charge on any atom is 0.346 e. The number of hydrogen-bond acceptors (Lipinski definition) is 4. The minimum Gasteiger partial charge on any atom is -0.454 e. The molecular formula is C27H19NO3. The molecule has 0 unspecified atom stereocenters. The predicted molar refractivity (Wildman–Crippen MR) is 125 cm³/mol. The predicted octanol–water partition coefficient (Wildman–Crippen LogP) is 6.83. The largest absolute Gasteiger partial charge is 0.454 e. The van der Waals surface area contributed by atoms with Crippen molar-refractivity contribution >= 4 is 43.8 Å². The molecule has 3 aromatic carbocycles. The third-order valence-electron chi connectivity index (χ3n) is 6.18.